The van der Waals surface area contributed by atoms with Crippen LogP contribution < -0.4 is 5.32 Å². The highest BCUT2D eigenvalue weighted by atomic mass is 79.9. The molecule has 1 fully saturated rings. The number of aryl methyl sites for hydroxylation is 1. The molecule has 1 N–H and O–H groups in total. The van der Waals surface area contributed by atoms with Crippen molar-refractivity contribution in [2.45, 2.75) is 64.5 Å². The van der Waals surface area contributed by atoms with Crippen LogP contribution in [0.25, 0.3) is 0 Å². The zero-order valence-electron chi connectivity index (χ0n) is 12.8. The van der Waals surface area contributed by atoms with Gasteiger partial charge < -0.3 is 4.74 Å². The molecule has 0 bridgehead atoms. The van der Waals surface area contributed by atoms with Gasteiger partial charge in [0.15, 0.2) is 0 Å². The maximum atomic E-state index is 12.3. The van der Waals surface area contributed by atoms with Gasteiger partial charge in [-0.2, -0.15) is 0 Å². The lowest BCUT2D eigenvalue weighted by Gasteiger charge is -2.23. The average Bonchev–Trinajstić information content (AvgIpc) is 2.68. The molecule has 21 heavy (non-hydrogen) atoms. The highest BCUT2D eigenvalue weighted by molar-refractivity contribution is 9.10. The molecule has 3 nitrogen and oxygen atoms in total. The third kappa shape index (κ3) is 4.80. The second-order valence-corrected chi connectivity index (χ2v) is 7.74. The van der Waals surface area contributed by atoms with E-state index in [4.69, 9.17) is 4.74 Å². The minimum atomic E-state index is -0.331. The minimum Gasteiger partial charge on any atom is -0.465 e. The van der Waals surface area contributed by atoms with Gasteiger partial charge in [-0.1, -0.05) is 25.7 Å². The molecule has 1 saturated carbocycles. The van der Waals surface area contributed by atoms with Crippen LogP contribution in [0.4, 0.5) is 0 Å². The summed E-state index contributed by atoms with van der Waals surface area (Å²) in [4.78, 5) is 14.6. The van der Waals surface area contributed by atoms with Crippen LogP contribution in [0.2, 0.25) is 0 Å². The van der Waals surface area contributed by atoms with Gasteiger partial charge in [0.1, 0.15) is 6.04 Å². The lowest BCUT2D eigenvalue weighted by Crippen LogP contribution is -2.37. The van der Waals surface area contributed by atoms with E-state index in [9.17, 15) is 4.79 Å². The van der Waals surface area contributed by atoms with Crippen molar-refractivity contribution in [3.63, 3.8) is 0 Å². The molecule has 1 atom stereocenters. The number of halogens is 1. The topological polar surface area (TPSA) is 38.3 Å². The molecule has 118 valence electrons. The van der Waals surface area contributed by atoms with Crippen molar-refractivity contribution in [3.05, 3.63) is 20.3 Å². The number of rotatable bonds is 5. The maximum absolute atomic E-state index is 12.3. The van der Waals surface area contributed by atoms with Crippen LogP contribution in [0.1, 0.15) is 61.2 Å². The molecule has 0 spiro atoms. The Hall–Kier alpha value is -0.390. The molecule has 1 aliphatic carbocycles. The molecule has 1 aromatic heterocycles. The molecule has 1 heterocycles. The Morgan fingerprint density at radius 3 is 2.62 bits per heavy atom. The van der Waals surface area contributed by atoms with Crippen LogP contribution >= 0.6 is 27.3 Å². The number of carbonyl (C=O) groups excluding carboxylic acids is 1. The van der Waals surface area contributed by atoms with Gasteiger partial charge in [-0.15, -0.1) is 11.3 Å². The third-order valence-electron chi connectivity index (χ3n) is 3.94. The highest BCUT2D eigenvalue weighted by Gasteiger charge is 2.27. The molecule has 0 radical (unpaired) electrons. The summed E-state index contributed by atoms with van der Waals surface area (Å²) in [6.07, 6.45) is 7.43. The van der Waals surface area contributed by atoms with Crippen LogP contribution in [0.3, 0.4) is 0 Å². The molecule has 0 amide bonds. The standard InChI is InChI=1S/C16H24BrNO2S/c1-3-20-16(19)15(14-10-13(17)11(2)21-14)18-12-8-6-4-5-7-9-12/h10,12,15,18H,3-9H2,1-2H3. The number of carbonyl (C=O) groups is 1. The lowest BCUT2D eigenvalue weighted by molar-refractivity contribution is -0.146. The summed E-state index contributed by atoms with van der Waals surface area (Å²) in [5.74, 6) is -0.157. The second-order valence-electron chi connectivity index (χ2n) is 5.59. The lowest BCUT2D eigenvalue weighted by atomic mass is 10.1. The number of thiophene rings is 1. The van der Waals surface area contributed by atoms with Crippen molar-refractivity contribution >= 4 is 33.2 Å². The summed E-state index contributed by atoms with van der Waals surface area (Å²) < 4.78 is 6.34. The fourth-order valence-corrected chi connectivity index (χ4v) is 4.41. The molecular weight excluding hydrogens is 350 g/mol. The predicted octanol–water partition coefficient (Wildman–Crippen LogP) is 4.74. The highest BCUT2D eigenvalue weighted by Crippen LogP contribution is 2.32. The van der Waals surface area contributed by atoms with E-state index in [2.05, 4.69) is 28.2 Å². The van der Waals surface area contributed by atoms with Gasteiger partial charge >= 0.3 is 5.97 Å². The number of hydrogen-bond acceptors (Lipinski definition) is 4. The zero-order chi connectivity index (χ0) is 15.2. The Morgan fingerprint density at radius 2 is 2.10 bits per heavy atom. The Bertz CT molecular complexity index is 447. The summed E-state index contributed by atoms with van der Waals surface area (Å²) >= 11 is 5.20. The van der Waals surface area contributed by atoms with Gasteiger partial charge in [-0.05, 0) is 48.7 Å². The van der Waals surface area contributed by atoms with E-state index in [1.165, 1.54) is 30.6 Å². The smallest absolute Gasteiger partial charge is 0.328 e. The Labute approximate surface area is 139 Å². The van der Waals surface area contributed by atoms with Crippen LogP contribution in [0.15, 0.2) is 10.5 Å². The summed E-state index contributed by atoms with van der Waals surface area (Å²) in [5, 5.41) is 3.55. The van der Waals surface area contributed by atoms with Gasteiger partial charge in [-0.3, -0.25) is 5.32 Å². The normalized spacial score (nSPS) is 18.2. The summed E-state index contributed by atoms with van der Waals surface area (Å²) in [5.41, 5.74) is 0. The first-order valence-corrected chi connectivity index (χ1v) is 9.41. The van der Waals surface area contributed by atoms with Crippen molar-refractivity contribution in [2.75, 3.05) is 6.61 Å². The van der Waals surface area contributed by atoms with Crippen molar-refractivity contribution in [1.82, 2.24) is 5.32 Å². The minimum absolute atomic E-state index is 0.157. The molecule has 5 heteroatoms. The molecule has 2 rings (SSSR count). The van der Waals surface area contributed by atoms with Crippen molar-refractivity contribution < 1.29 is 9.53 Å². The molecule has 0 aromatic carbocycles. The quantitative estimate of drug-likeness (QED) is 0.598. The Morgan fingerprint density at radius 1 is 1.43 bits per heavy atom. The van der Waals surface area contributed by atoms with E-state index in [-0.39, 0.29) is 12.0 Å². The summed E-state index contributed by atoms with van der Waals surface area (Å²) in [6, 6.07) is 2.14. The first-order chi connectivity index (χ1) is 10.1. The largest absolute Gasteiger partial charge is 0.465 e. The molecule has 0 aliphatic heterocycles. The van der Waals surface area contributed by atoms with Gasteiger partial charge in [0, 0.05) is 20.3 Å². The second kappa shape index (κ2) is 8.30. The van der Waals surface area contributed by atoms with Crippen LogP contribution in [-0.4, -0.2) is 18.6 Å². The summed E-state index contributed by atoms with van der Waals surface area (Å²) in [7, 11) is 0. The first-order valence-electron chi connectivity index (χ1n) is 7.80. The average molecular weight is 374 g/mol. The molecule has 0 saturated heterocycles. The van der Waals surface area contributed by atoms with E-state index in [1.54, 1.807) is 11.3 Å². The van der Waals surface area contributed by atoms with Crippen LogP contribution in [0.5, 0.6) is 0 Å². The number of ether oxygens (including phenoxy) is 1. The zero-order valence-corrected chi connectivity index (χ0v) is 15.2. The van der Waals surface area contributed by atoms with Gasteiger partial charge in [0.05, 0.1) is 6.61 Å². The number of nitrogens with one attached hydrogen (secondary N) is 1. The molecule has 1 aromatic rings. The summed E-state index contributed by atoms with van der Waals surface area (Å²) in [6.45, 7) is 4.34. The fraction of sp³-hybridized carbons (Fsp3) is 0.688. The van der Waals surface area contributed by atoms with Crippen molar-refractivity contribution in [1.29, 1.82) is 0 Å². The van der Waals surface area contributed by atoms with E-state index >= 15 is 0 Å². The van der Waals surface area contributed by atoms with Crippen molar-refractivity contribution in [3.8, 4) is 0 Å². The van der Waals surface area contributed by atoms with E-state index in [0.29, 0.717) is 12.6 Å². The number of hydrogen-bond donors (Lipinski definition) is 1. The predicted molar refractivity (Wildman–Crippen MR) is 90.8 cm³/mol. The molecule has 1 unspecified atom stereocenters. The van der Waals surface area contributed by atoms with Crippen LogP contribution in [-0.2, 0) is 9.53 Å². The van der Waals surface area contributed by atoms with E-state index in [1.807, 2.05) is 13.0 Å². The number of esters is 1. The van der Waals surface area contributed by atoms with E-state index in [0.717, 1.165) is 22.2 Å². The van der Waals surface area contributed by atoms with Gasteiger partial charge in [0.2, 0.25) is 0 Å². The Kier molecular flexibility index (Phi) is 6.71. The van der Waals surface area contributed by atoms with E-state index < -0.39 is 0 Å². The van der Waals surface area contributed by atoms with Crippen LogP contribution in [0, 0.1) is 6.92 Å². The first kappa shape index (κ1) is 17.0. The Balaban J connectivity index is 2.13. The van der Waals surface area contributed by atoms with Crippen molar-refractivity contribution in [2.24, 2.45) is 0 Å². The maximum Gasteiger partial charge on any atom is 0.328 e. The van der Waals surface area contributed by atoms with Gasteiger partial charge in [0.25, 0.3) is 0 Å². The SMILES string of the molecule is CCOC(=O)C(NC1CCCCCC1)c1cc(Br)c(C)s1. The fourth-order valence-electron chi connectivity index (χ4n) is 2.80. The van der Waals surface area contributed by atoms with Gasteiger partial charge in [-0.25, -0.2) is 4.79 Å². The third-order valence-corrected chi connectivity index (χ3v) is 6.14. The monoisotopic (exact) mass is 373 g/mol. The molecular formula is C16H24BrNO2S. The molecule has 1 aliphatic rings.